The van der Waals surface area contributed by atoms with E-state index < -0.39 is 0 Å². The summed E-state index contributed by atoms with van der Waals surface area (Å²) in [4.78, 5) is 0. The second kappa shape index (κ2) is 3.58. The van der Waals surface area contributed by atoms with Crippen molar-refractivity contribution in [2.75, 3.05) is 6.61 Å². The standard InChI is InChI=1S/C12H20O2/c1-9(2)7-13-8-12(3)6-10-4-5-11(12)14-10/h7,10-11H,4-6,8H2,1-3H3. The van der Waals surface area contributed by atoms with Gasteiger partial charge in [0.2, 0.25) is 0 Å². The molecule has 0 saturated carbocycles. The molecule has 2 heterocycles. The molecule has 2 rings (SSSR count). The van der Waals surface area contributed by atoms with Crippen LogP contribution in [0.1, 0.15) is 40.0 Å². The SMILES string of the molecule is CC(C)=COCC1(C)CC2CCC1O2. The van der Waals surface area contributed by atoms with Gasteiger partial charge in [0.15, 0.2) is 0 Å². The lowest BCUT2D eigenvalue weighted by Gasteiger charge is -2.30. The molecular formula is C12H20O2. The number of ether oxygens (including phenoxy) is 2. The van der Waals surface area contributed by atoms with Gasteiger partial charge in [-0.05, 0) is 38.7 Å². The van der Waals surface area contributed by atoms with Gasteiger partial charge in [-0.2, -0.15) is 0 Å². The highest BCUT2D eigenvalue weighted by Gasteiger charge is 2.49. The zero-order chi connectivity index (χ0) is 10.2. The average molecular weight is 196 g/mol. The van der Waals surface area contributed by atoms with Gasteiger partial charge < -0.3 is 9.47 Å². The Labute approximate surface area is 86.3 Å². The molecule has 0 N–H and O–H groups in total. The fourth-order valence-corrected chi connectivity index (χ4v) is 2.57. The van der Waals surface area contributed by atoms with Crippen LogP contribution < -0.4 is 0 Å². The Morgan fingerprint density at radius 1 is 1.50 bits per heavy atom. The van der Waals surface area contributed by atoms with Gasteiger partial charge >= 0.3 is 0 Å². The Morgan fingerprint density at radius 2 is 2.29 bits per heavy atom. The molecule has 80 valence electrons. The summed E-state index contributed by atoms with van der Waals surface area (Å²) in [7, 11) is 0. The van der Waals surface area contributed by atoms with E-state index in [1.165, 1.54) is 24.8 Å². The first-order chi connectivity index (χ1) is 6.60. The minimum absolute atomic E-state index is 0.259. The van der Waals surface area contributed by atoms with Crippen molar-refractivity contribution >= 4 is 0 Å². The Kier molecular flexibility index (Phi) is 2.56. The highest BCUT2D eigenvalue weighted by atomic mass is 16.5. The van der Waals surface area contributed by atoms with E-state index in [0.717, 1.165) is 6.61 Å². The van der Waals surface area contributed by atoms with Crippen LogP contribution in [-0.2, 0) is 9.47 Å². The first-order valence-electron chi connectivity index (χ1n) is 5.50. The summed E-state index contributed by atoms with van der Waals surface area (Å²) in [5, 5.41) is 0. The van der Waals surface area contributed by atoms with Crippen molar-refractivity contribution in [3.8, 4) is 0 Å². The van der Waals surface area contributed by atoms with Gasteiger partial charge in [-0.3, -0.25) is 0 Å². The number of hydrogen-bond donors (Lipinski definition) is 0. The lowest BCUT2D eigenvalue weighted by molar-refractivity contribution is 0.0316. The Bertz CT molecular complexity index is 243. The van der Waals surface area contributed by atoms with E-state index in [-0.39, 0.29) is 5.41 Å². The molecule has 0 aromatic heterocycles. The summed E-state index contributed by atoms with van der Waals surface area (Å²) in [5.74, 6) is 0. The molecule has 0 amide bonds. The molecule has 2 heteroatoms. The van der Waals surface area contributed by atoms with Crippen LogP contribution in [0.25, 0.3) is 0 Å². The molecular weight excluding hydrogens is 176 g/mol. The smallest absolute Gasteiger partial charge is 0.0952 e. The lowest BCUT2D eigenvalue weighted by Crippen LogP contribution is -2.33. The molecule has 0 spiro atoms. The van der Waals surface area contributed by atoms with Crippen LogP contribution in [0.3, 0.4) is 0 Å². The second-order valence-electron chi connectivity index (χ2n) is 5.19. The summed E-state index contributed by atoms with van der Waals surface area (Å²) in [5.41, 5.74) is 1.48. The molecule has 2 bridgehead atoms. The predicted molar refractivity (Wildman–Crippen MR) is 56.0 cm³/mol. The average Bonchev–Trinajstić information content (AvgIpc) is 2.62. The van der Waals surface area contributed by atoms with E-state index in [1.807, 2.05) is 6.26 Å². The van der Waals surface area contributed by atoms with Crippen LogP contribution in [0.2, 0.25) is 0 Å². The van der Waals surface area contributed by atoms with Crippen LogP contribution in [0.4, 0.5) is 0 Å². The molecule has 3 atom stereocenters. The summed E-state index contributed by atoms with van der Waals surface area (Å²) >= 11 is 0. The Morgan fingerprint density at radius 3 is 2.79 bits per heavy atom. The third kappa shape index (κ3) is 1.81. The van der Waals surface area contributed by atoms with Gasteiger partial charge in [-0.25, -0.2) is 0 Å². The molecule has 2 aliphatic heterocycles. The van der Waals surface area contributed by atoms with Crippen molar-refractivity contribution in [1.82, 2.24) is 0 Å². The van der Waals surface area contributed by atoms with E-state index in [2.05, 4.69) is 20.8 Å². The summed E-state index contributed by atoms with van der Waals surface area (Å²) < 4.78 is 11.4. The molecule has 0 radical (unpaired) electrons. The van der Waals surface area contributed by atoms with E-state index in [4.69, 9.17) is 9.47 Å². The first kappa shape index (κ1) is 10.0. The number of allylic oxidation sites excluding steroid dienone is 1. The molecule has 0 aromatic carbocycles. The number of hydrogen-bond acceptors (Lipinski definition) is 2. The maximum atomic E-state index is 5.84. The van der Waals surface area contributed by atoms with E-state index in [9.17, 15) is 0 Å². The topological polar surface area (TPSA) is 18.5 Å². The Balaban J connectivity index is 1.88. The van der Waals surface area contributed by atoms with Crippen molar-refractivity contribution < 1.29 is 9.47 Å². The molecule has 2 aliphatic rings. The first-order valence-corrected chi connectivity index (χ1v) is 5.50. The molecule has 0 aliphatic carbocycles. The Hall–Kier alpha value is -0.500. The quantitative estimate of drug-likeness (QED) is 0.646. The highest BCUT2D eigenvalue weighted by Crippen LogP contribution is 2.47. The van der Waals surface area contributed by atoms with Crippen LogP contribution >= 0.6 is 0 Å². The third-order valence-corrected chi connectivity index (χ3v) is 3.31. The zero-order valence-electron chi connectivity index (χ0n) is 9.38. The van der Waals surface area contributed by atoms with Crippen molar-refractivity contribution in [3.05, 3.63) is 11.8 Å². The van der Waals surface area contributed by atoms with Gasteiger partial charge in [0.05, 0.1) is 25.1 Å². The van der Waals surface area contributed by atoms with E-state index in [1.54, 1.807) is 0 Å². The molecule has 2 nitrogen and oxygen atoms in total. The molecule has 2 fully saturated rings. The summed E-state index contributed by atoms with van der Waals surface area (Å²) in [6, 6.07) is 0. The third-order valence-electron chi connectivity index (χ3n) is 3.31. The van der Waals surface area contributed by atoms with Crippen LogP contribution in [-0.4, -0.2) is 18.8 Å². The van der Waals surface area contributed by atoms with Crippen molar-refractivity contribution in [2.24, 2.45) is 5.41 Å². The van der Waals surface area contributed by atoms with Crippen LogP contribution in [0.5, 0.6) is 0 Å². The largest absolute Gasteiger partial charge is 0.501 e. The van der Waals surface area contributed by atoms with Gasteiger partial charge in [-0.15, -0.1) is 0 Å². The predicted octanol–water partition coefficient (Wildman–Crippen LogP) is 2.88. The normalized spacial score (nSPS) is 39.9. The van der Waals surface area contributed by atoms with Crippen molar-refractivity contribution in [3.63, 3.8) is 0 Å². The zero-order valence-corrected chi connectivity index (χ0v) is 9.38. The fraction of sp³-hybridized carbons (Fsp3) is 0.833. The highest BCUT2D eigenvalue weighted by molar-refractivity contribution is 4.98. The minimum Gasteiger partial charge on any atom is -0.501 e. The molecule has 3 unspecified atom stereocenters. The van der Waals surface area contributed by atoms with E-state index in [0.29, 0.717) is 12.2 Å². The molecule has 0 aromatic rings. The summed E-state index contributed by atoms with van der Waals surface area (Å²) in [6.07, 6.45) is 6.46. The maximum Gasteiger partial charge on any atom is 0.0952 e. The second-order valence-corrected chi connectivity index (χ2v) is 5.19. The minimum atomic E-state index is 0.259. The molecule has 2 saturated heterocycles. The van der Waals surface area contributed by atoms with E-state index >= 15 is 0 Å². The van der Waals surface area contributed by atoms with Crippen molar-refractivity contribution in [2.45, 2.75) is 52.2 Å². The number of rotatable bonds is 3. The van der Waals surface area contributed by atoms with Gasteiger partial charge in [0.1, 0.15) is 0 Å². The fourth-order valence-electron chi connectivity index (χ4n) is 2.57. The number of fused-ring (bicyclic) bond motifs is 2. The van der Waals surface area contributed by atoms with Gasteiger partial charge in [-0.1, -0.05) is 6.92 Å². The van der Waals surface area contributed by atoms with Crippen LogP contribution in [0, 0.1) is 5.41 Å². The summed E-state index contributed by atoms with van der Waals surface area (Å²) in [6.45, 7) is 7.20. The molecule has 14 heavy (non-hydrogen) atoms. The van der Waals surface area contributed by atoms with Gasteiger partial charge in [0.25, 0.3) is 0 Å². The van der Waals surface area contributed by atoms with Crippen LogP contribution in [0.15, 0.2) is 11.8 Å². The van der Waals surface area contributed by atoms with Crippen molar-refractivity contribution in [1.29, 1.82) is 0 Å². The monoisotopic (exact) mass is 196 g/mol. The van der Waals surface area contributed by atoms with Gasteiger partial charge in [0, 0.05) is 5.41 Å². The lowest BCUT2D eigenvalue weighted by atomic mass is 9.76. The maximum absolute atomic E-state index is 5.84.